The van der Waals surface area contributed by atoms with Crippen LogP contribution in [0.2, 0.25) is 10.0 Å². The van der Waals surface area contributed by atoms with Crippen LogP contribution >= 0.6 is 23.2 Å². The first kappa shape index (κ1) is 15.9. The number of hydrogen-bond donors (Lipinski definition) is 1. The van der Waals surface area contributed by atoms with E-state index in [0.29, 0.717) is 23.9 Å². The third kappa shape index (κ3) is 4.51. The molecule has 2 nitrogen and oxygen atoms in total. The molecule has 0 spiro atoms. The minimum Gasteiger partial charge on any atom is -0.492 e. The SMILES string of the molecule is CCCOc1ccc(NCc2ccc(F)c(Cl)c2)cc1Cl. The van der Waals surface area contributed by atoms with Gasteiger partial charge in [0.05, 0.1) is 16.7 Å². The molecule has 0 aliphatic rings. The zero-order valence-electron chi connectivity index (χ0n) is 11.6. The molecule has 0 saturated carbocycles. The number of rotatable bonds is 6. The lowest BCUT2D eigenvalue weighted by molar-refractivity contribution is 0.317. The van der Waals surface area contributed by atoms with Crippen molar-refractivity contribution in [1.29, 1.82) is 0 Å². The lowest BCUT2D eigenvalue weighted by Gasteiger charge is -2.11. The van der Waals surface area contributed by atoms with Crippen LogP contribution in [0.15, 0.2) is 36.4 Å². The smallest absolute Gasteiger partial charge is 0.141 e. The Kier molecular flexibility index (Phi) is 5.71. The van der Waals surface area contributed by atoms with E-state index in [2.05, 4.69) is 5.32 Å². The molecule has 0 atom stereocenters. The molecule has 0 radical (unpaired) electrons. The van der Waals surface area contributed by atoms with E-state index in [9.17, 15) is 4.39 Å². The molecular formula is C16H16Cl2FNO. The highest BCUT2D eigenvalue weighted by Gasteiger charge is 2.04. The van der Waals surface area contributed by atoms with E-state index in [1.165, 1.54) is 6.07 Å². The number of anilines is 1. The Bertz CT molecular complexity index is 619. The molecule has 0 saturated heterocycles. The molecule has 5 heteroatoms. The maximum atomic E-state index is 13.1. The first-order valence-corrected chi connectivity index (χ1v) is 7.46. The standard InChI is InChI=1S/C16H16Cl2FNO/c1-2-7-21-16-6-4-12(9-14(16)18)20-10-11-3-5-15(19)13(17)8-11/h3-6,8-9,20H,2,7,10H2,1H3. The minimum atomic E-state index is -0.416. The summed E-state index contributed by atoms with van der Waals surface area (Å²) in [6.45, 7) is 3.21. The molecule has 0 amide bonds. The molecule has 21 heavy (non-hydrogen) atoms. The summed E-state index contributed by atoms with van der Waals surface area (Å²) < 4.78 is 18.6. The highest BCUT2D eigenvalue weighted by atomic mass is 35.5. The van der Waals surface area contributed by atoms with Crippen molar-refractivity contribution >= 4 is 28.9 Å². The van der Waals surface area contributed by atoms with Crippen molar-refractivity contribution in [3.63, 3.8) is 0 Å². The highest BCUT2D eigenvalue weighted by Crippen LogP contribution is 2.28. The quantitative estimate of drug-likeness (QED) is 0.752. The van der Waals surface area contributed by atoms with Crippen LogP contribution < -0.4 is 10.1 Å². The normalized spacial score (nSPS) is 10.5. The highest BCUT2D eigenvalue weighted by molar-refractivity contribution is 6.32. The van der Waals surface area contributed by atoms with E-state index >= 15 is 0 Å². The molecule has 0 aromatic heterocycles. The van der Waals surface area contributed by atoms with Crippen LogP contribution in [-0.4, -0.2) is 6.61 Å². The zero-order valence-corrected chi connectivity index (χ0v) is 13.1. The van der Waals surface area contributed by atoms with E-state index in [0.717, 1.165) is 17.7 Å². The zero-order chi connectivity index (χ0) is 15.2. The molecule has 112 valence electrons. The second-order valence-electron chi connectivity index (χ2n) is 4.60. The molecule has 2 aromatic carbocycles. The first-order chi connectivity index (χ1) is 10.1. The van der Waals surface area contributed by atoms with Crippen molar-refractivity contribution in [2.24, 2.45) is 0 Å². The van der Waals surface area contributed by atoms with Gasteiger partial charge in [-0.3, -0.25) is 0 Å². The van der Waals surface area contributed by atoms with Gasteiger partial charge in [-0.05, 0) is 42.3 Å². The molecule has 2 aromatic rings. The van der Waals surface area contributed by atoms with Crippen LogP contribution in [-0.2, 0) is 6.54 Å². The van der Waals surface area contributed by atoms with Gasteiger partial charge in [0.2, 0.25) is 0 Å². The second kappa shape index (κ2) is 7.53. The van der Waals surface area contributed by atoms with Gasteiger partial charge < -0.3 is 10.1 Å². The monoisotopic (exact) mass is 327 g/mol. The number of hydrogen-bond acceptors (Lipinski definition) is 2. The van der Waals surface area contributed by atoms with Gasteiger partial charge in [0.25, 0.3) is 0 Å². The molecule has 0 aliphatic heterocycles. The maximum Gasteiger partial charge on any atom is 0.141 e. The average Bonchev–Trinajstić information content (AvgIpc) is 2.47. The summed E-state index contributed by atoms with van der Waals surface area (Å²) in [5, 5.41) is 3.89. The van der Waals surface area contributed by atoms with Crippen molar-refractivity contribution in [3.05, 3.63) is 57.8 Å². The molecule has 2 rings (SSSR count). The van der Waals surface area contributed by atoms with Crippen LogP contribution in [0.4, 0.5) is 10.1 Å². The van der Waals surface area contributed by atoms with E-state index < -0.39 is 5.82 Å². The molecule has 0 fully saturated rings. The van der Waals surface area contributed by atoms with Gasteiger partial charge in [-0.25, -0.2) is 4.39 Å². The molecular weight excluding hydrogens is 312 g/mol. The van der Waals surface area contributed by atoms with Gasteiger partial charge in [0.15, 0.2) is 0 Å². The Hall–Kier alpha value is -1.45. The van der Waals surface area contributed by atoms with Crippen LogP contribution in [0.5, 0.6) is 5.75 Å². The predicted octanol–water partition coefficient (Wildman–Crippen LogP) is 5.53. The molecule has 0 unspecified atom stereocenters. The second-order valence-corrected chi connectivity index (χ2v) is 5.41. The van der Waals surface area contributed by atoms with Crippen LogP contribution in [0.1, 0.15) is 18.9 Å². The predicted molar refractivity (Wildman–Crippen MR) is 86.0 cm³/mol. The van der Waals surface area contributed by atoms with Gasteiger partial charge in [0.1, 0.15) is 11.6 Å². The van der Waals surface area contributed by atoms with Gasteiger partial charge in [-0.1, -0.05) is 36.2 Å². The third-order valence-corrected chi connectivity index (χ3v) is 3.46. The van der Waals surface area contributed by atoms with Crippen LogP contribution in [0, 0.1) is 5.82 Å². The first-order valence-electron chi connectivity index (χ1n) is 6.70. The Balaban J connectivity index is 1.99. The maximum absolute atomic E-state index is 13.1. The number of nitrogens with one attached hydrogen (secondary N) is 1. The van der Waals surface area contributed by atoms with Crippen LogP contribution in [0.3, 0.4) is 0 Å². The molecule has 0 heterocycles. The fourth-order valence-electron chi connectivity index (χ4n) is 1.79. The van der Waals surface area contributed by atoms with Crippen molar-refractivity contribution in [2.45, 2.75) is 19.9 Å². The minimum absolute atomic E-state index is 0.121. The van der Waals surface area contributed by atoms with E-state index in [1.54, 1.807) is 18.2 Å². The molecule has 0 bridgehead atoms. The molecule has 0 aliphatic carbocycles. The Morgan fingerprint density at radius 2 is 1.90 bits per heavy atom. The van der Waals surface area contributed by atoms with Crippen molar-refractivity contribution in [2.75, 3.05) is 11.9 Å². The van der Waals surface area contributed by atoms with E-state index in [4.69, 9.17) is 27.9 Å². The summed E-state index contributed by atoms with van der Waals surface area (Å²) in [6, 6.07) is 10.2. The topological polar surface area (TPSA) is 21.3 Å². The summed E-state index contributed by atoms with van der Waals surface area (Å²) in [6.07, 6.45) is 0.932. The van der Waals surface area contributed by atoms with Gasteiger partial charge >= 0.3 is 0 Å². The largest absolute Gasteiger partial charge is 0.492 e. The van der Waals surface area contributed by atoms with Crippen molar-refractivity contribution in [3.8, 4) is 5.75 Å². The lowest BCUT2D eigenvalue weighted by atomic mass is 10.2. The van der Waals surface area contributed by atoms with Gasteiger partial charge in [-0.15, -0.1) is 0 Å². The Morgan fingerprint density at radius 1 is 1.10 bits per heavy atom. The summed E-state index contributed by atoms with van der Waals surface area (Å²) >= 11 is 11.9. The summed E-state index contributed by atoms with van der Waals surface area (Å²) in [5.74, 6) is 0.259. The fraction of sp³-hybridized carbons (Fsp3) is 0.250. The fourth-order valence-corrected chi connectivity index (χ4v) is 2.23. The van der Waals surface area contributed by atoms with E-state index in [1.807, 2.05) is 19.1 Å². The number of benzene rings is 2. The number of halogens is 3. The third-order valence-electron chi connectivity index (χ3n) is 2.87. The lowest BCUT2D eigenvalue weighted by Crippen LogP contribution is -2.01. The van der Waals surface area contributed by atoms with Crippen molar-refractivity contribution in [1.82, 2.24) is 0 Å². The van der Waals surface area contributed by atoms with E-state index in [-0.39, 0.29) is 5.02 Å². The average molecular weight is 328 g/mol. The summed E-state index contributed by atoms with van der Waals surface area (Å²) in [7, 11) is 0. The molecule has 1 N–H and O–H groups in total. The van der Waals surface area contributed by atoms with Gasteiger partial charge in [0, 0.05) is 12.2 Å². The van der Waals surface area contributed by atoms with Gasteiger partial charge in [-0.2, -0.15) is 0 Å². The number of ether oxygens (including phenoxy) is 1. The van der Waals surface area contributed by atoms with Crippen molar-refractivity contribution < 1.29 is 9.13 Å². The Morgan fingerprint density at radius 3 is 2.57 bits per heavy atom. The van der Waals surface area contributed by atoms with Crippen LogP contribution in [0.25, 0.3) is 0 Å². The summed E-state index contributed by atoms with van der Waals surface area (Å²) in [4.78, 5) is 0. The Labute approximate surface area is 133 Å². The summed E-state index contributed by atoms with van der Waals surface area (Å²) in [5.41, 5.74) is 1.76.